The second kappa shape index (κ2) is 4.53. The van der Waals surface area contributed by atoms with Crippen LogP contribution in [0.3, 0.4) is 0 Å². The summed E-state index contributed by atoms with van der Waals surface area (Å²) in [4.78, 5) is 0. The summed E-state index contributed by atoms with van der Waals surface area (Å²) in [5.41, 5.74) is 1.24. The van der Waals surface area contributed by atoms with Crippen molar-refractivity contribution in [3.63, 3.8) is 0 Å². The van der Waals surface area contributed by atoms with Crippen molar-refractivity contribution in [1.29, 1.82) is 0 Å². The zero-order valence-corrected chi connectivity index (χ0v) is 12.8. The Hall–Kier alpha value is 0. The molecular formula is C18H32. The van der Waals surface area contributed by atoms with Crippen LogP contribution in [-0.4, -0.2) is 0 Å². The molecule has 0 aromatic heterocycles. The molecule has 0 heteroatoms. The molecule has 0 saturated heterocycles. The Morgan fingerprint density at radius 2 is 1.28 bits per heavy atom. The van der Waals surface area contributed by atoms with Gasteiger partial charge < -0.3 is 0 Å². The molecule has 0 spiro atoms. The fourth-order valence-corrected chi connectivity index (χ4v) is 6.05. The first-order valence-corrected chi connectivity index (χ1v) is 8.56. The van der Waals surface area contributed by atoms with Crippen LogP contribution >= 0.6 is 0 Å². The van der Waals surface area contributed by atoms with E-state index in [2.05, 4.69) is 20.8 Å². The van der Waals surface area contributed by atoms with Crippen molar-refractivity contribution in [2.75, 3.05) is 0 Å². The van der Waals surface area contributed by atoms with Gasteiger partial charge in [0.25, 0.3) is 0 Å². The van der Waals surface area contributed by atoms with E-state index in [0.29, 0.717) is 10.8 Å². The molecule has 0 nitrogen and oxygen atoms in total. The molecule has 3 saturated carbocycles. The van der Waals surface area contributed by atoms with Crippen LogP contribution in [0.4, 0.5) is 0 Å². The SMILES string of the molecule is CC1(C)CCC(C2CCCC2)C1(C)C1CCCC1. The van der Waals surface area contributed by atoms with E-state index < -0.39 is 0 Å². The van der Waals surface area contributed by atoms with Gasteiger partial charge in [-0.2, -0.15) is 0 Å². The highest BCUT2D eigenvalue weighted by atomic mass is 14.6. The lowest BCUT2D eigenvalue weighted by Gasteiger charge is -2.49. The molecule has 3 aliphatic rings. The Morgan fingerprint density at radius 1 is 0.722 bits per heavy atom. The second-order valence-corrected chi connectivity index (χ2v) is 8.34. The number of hydrogen-bond donors (Lipinski definition) is 0. The van der Waals surface area contributed by atoms with Crippen LogP contribution in [0.1, 0.15) is 85.0 Å². The van der Waals surface area contributed by atoms with Crippen molar-refractivity contribution in [1.82, 2.24) is 0 Å². The van der Waals surface area contributed by atoms with Crippen molar-refractivity contribution in [2.24, 2.45) is 28.6 Å². The second-order valence-electron chi connectivity index (χ2n) is 8.34. The quantitative estimate of drug-likeness (QED) is 0.578. The summed E-state index contributed by atoms with van der Waals surface area (Å²) in [5, 5.41) is 0. The molecule has 0 amide bonds. The van der Waals surface area contributed by atoms with Crippen molar-refractivity contribution >= 4 is 0 Å². The van der Waals surface area contributed by atoms with Crippen molar-refractivity contribution < 1.29 is 0 Å². The Labute approximate surface area is 114 Å². The van der Waals surface area contributed by atoms with E-state index in [0.717, 1.165) is 17.8 Å². The maximum absolute atomic E-state index is 2.69. The summed E-state index contributed by atoms with van der Waals surface area (Å²) < 4.78 is 0. The Balaban J connectivity index is 1.88. The Kier molecular flexibility index (Phi) is 3.27. The van der Waals surface area contributed by atoms with Gasteiger partial charge in [-0.3, -0.25) is 0 Å². The largest absolute Gasteiger partial charge is 0.0594 e. The third kappa shape index (κ3) is 1.78. The molecule has 0 aromatic rings. The lowest BCUT2D eigenvalue weighted by atomic mass is 9.55. The van der Waals surface area contributed by atoms with Crippen LogP contribution in [0.25, 0.3) is 0 Å². The minimum atomic E-state index is 0.593. The minimum absolute atomic E-state index is 0.593. The van der Waals surface area contributed by atoms with Gasteiger partial charge in [-0.05, 0) is 54.3 Å². The van der Waals surface area contributed by atoms with Gasteiger partial charge in [0.2, 0.25) is 0 Å². The van der Waals surface area contributed by atoms with Crippen LogP contribution in [0.15, 0.2) is 0 Å². The van der Waals surface area contributed by atoms with E-state index in [1.807, 2.05) is 0 Å². The summed E-state index contributed by atoms with van der Waals surface area (Å²) in [5.74, 6) is 3.18. The van der Waals surface area contributed by atoms with Crippen LogP contribution in [0.2, 0.25) is 0 Å². The molecule has 104 valence electrons. The fourth-order valence-electron chi connectivity index (χ4n) is 6.05. The molecule has 18 heavy (non-hydrogen) atoms. The van der Waals surface area contributed by atoms with Gasteiger partial charge in [0.1, 0.15) is 0 Å². The lowest BCUT2D eigenvalue weighted by Crippen LogP contribution is -2.43. The third-order valence-electron chi connectivity index (χ3n) is 7.48. The van der Waals surface area contributed by atoms with Crippen LogP contribution in [0.5, 0.6) is 0 Å². The average Bonchev–Trinajstić information content (AvgIpc) is 3.03. The van der Waals surface area contributed by atoms with Crippen LogP contribution in [-0.2, 0) is 0 Å². The molecule has 0 bridgehead atoms. The van der Waals surface area contributed by atoms with E-state index in [-0.39, 0.29) is 0 Å². The van der Waals surface area contributed by atoms with Gasteiger partial charge in [-0.15, -0.1) is 0 Å². The molecule has 0 heterocycles. The van der Waals surface area contributed by atoms with Crippen LogP contribution < -0.4 is 0 Å². The average molecular weight is 248 g/mol. The minimum Gasteiger partial charge on any atom is -0.0594 e. The maximum atomic E-state index is 2.69. The first-order valence-electron chi connectivity index (χ1n) is 8.56. The molecule has 3 rings (SSSR count). The summed E-state index contributed by atoms with van der Waals surface area (Å²) in [6.07, 6.45) is 15.2. The maximum Gasteiger partial charge on any atom is -0.0215 e. The highest BCUT2D eigenvalue weighted by molar-refractivity contribution is 5.06. The zero-order chi connectivity index (χ0) is 12.8. The number of hydrogen-bond acceptors (Lipinski definition) is 0. The predicted molar refractivity (Wildman–Crippen MR) is 78.5 cm³/mol. The molecule has 3 aliphatic carbocycles. The fraction of sp³-hybridized carbons (Fsp3) is 1.00. The summed E-state index contributed by atoms with van der Waals surface area (Å²) in [7, 11) is 0. The van der Waals surface area contributed by atoms with Gasteiger partial charge >= 0.3 is 0 Å². The van der Waals surface area contributed by atoms with Gasteiger partial charge in [0, 0.05) is 0 Å². The molecule has 0 aromatic carbocycles. The highest BCUT2D eigenvalue weighted by Crippen LogP contribution is 2.65. The molecule has 3 fully saturated rings. The zero-order valence-electron chi connectivity index (χ0n) is 12.8. The first-order chi connectivity index (χ1) is 8.56. The van der Waals surface area contributed by atoms with Gasteiger partial charge in [0.05, 0.1) is 0 Å². The van der Waals surface area contributed by atoms with Crippen LogP contribution in [0, 0.1) is 28.6 Å². The third-order valence-corrected chi connectivity index (χ3v) is 7.48. The smallest absolute Gasteiger partial charge is 0.0215 e. The van der Waals surface area contributed by atoms with Crippen molar-refractivity contribution in [2.45, 2.75) is 85.0 Å². The summed E-state index contributed by atoms with van der Waals surface area (Å²) in [6.45, 7) is 7.86. The molecule has 2 unspecified atom stereocenters. The van der Waals surface area contributed by atoms with E-state index in [9.17, 15) is 0 Å². The summed E-state index contributed by atoms with van der Waals surface area (Å²) >= 11 is 0. The number of rotatable bonds is 2. The first kappa shape index (κ1) is 13.0. The normalized spacial score (nSPS) is 41.8. The standard InChI is InChI=1S/C18H32/c1-17(2)13-12-16(14-8-4-5-9-14)18(17,3)15-10-6-7-11-15/h14-16H,4-13H2,1-3H3. The van der Waals surface area contributed by atoms with Crippen molar-refractivity contribution in [3.8, 4) is 0 Å². The van der Waals surface area contributed by atoms with Gasteiger partial charge in [0.15, 0.2) is 0 Å². The molecule has 0 aliphatic heterocycles. The topological polar surface area (TPSA) is 0 Å². The Morgan fingerprint density at radius 3 is 1.89 bits per heavy atom. The van der Waals surface area contributed by atoms with Gasteiger partial charge in [-0.25, -0.2) is 0 Å². The van der Waals surface area contributed by atoms with E-state index >= 15 is 0 Å². The highest BCUT2D eigenvalue weighted by Gasteiger charge is 2.57. The molecule has 2 atom stereocenters. The van der Waals surface area contributed by atoms with Gasteiger partial charge in [-0.1, -0.05) is 59.3 Å². The molecular weight excluding hydrogens is 216 g/mol. The Bertz CT molecular complexity index is 291. The monoisotopic (exact) mass is 248 g/mol. The summed E-state index contributed by atoms with van der Waals surface area (Å²) in [6, 6.07) is 0. The van der Waals surface area contributed by atoms with E-state index in [1.165, 1.54) is 51.4 Å². The van der Waals surface area contributed by atoms with Crippen molar-refractivity contribution in [3.05, 3.63) is 0 Å². The molecule has 0 N–H and O–H groups in total. The van der Waals surface area contributed by atoms with E-state index in [4.69, 9.17) is 0 Å². The lowest BCUT2D eigenvalue weighted by molar-refractivity contribution is -0.00822. The predicted octanol–water partition coefficient (Wildman–Crippen LogP) is 5.81. The molecule has 0 radical (unpaired) electrons. The van der Waals surface area contributed by atoms with E-state index in [1.54, 1.807) is 12.8 Å².